The largest absolute Gasteiger partial charge is 0.463 e. The Morgan fingerprint density at radius 1 is 0.833 bits per heavy atom. The summed E-state index contributed by atoms with van der Waals surface area (Å²) in [5.74, 6) is -2.67. The first-order valence-corrected chi connectivity index (χ1v) is 7.50. The number of rotatable bonds is 5. The molecule has 1 saturated heterocycles. The van der Waals surface area contributed by atoms with Gasteiger partial charge in [0.05, 0.1) is 0 Å². The molecule has 0 amide bonds. The average Bonchev–Trinajstić information content (AvgIpc) is 2.42. The molecular formula is C14H19ClO9. The first-order valence-electron chi connectivity index (χ1n) is 7.06. The lowest BCUT2D eigenvalue weighted by atomic mass is 10.0. The minimum Gasteiger partial charge on any atom is -0.463 e. The molecule has 5 atom stereocenters. The summed E-state index contributed by atoms with van der Waals surface area (Å²) in [4.78, 5) is 44.9. The Hall–Kier alpha value is -1.87. The van der Waals surface area contributed by atoms with Gasteiger partial charge in [-0.2, -0.15) is 0 Å². The Morgan fingerprint density at radius 3 is 1.79 bits per heavy atom. The molecular weight excluding hydrogens is 348 g/mol. The van der Waals surface area contributed by atoms with E-state index in [1.54, 1.807) is 0 Å². The van der Waals surface area contributed by atoms with Crippen LogP contribution < -0.4 is 0 Å². The molecule has 10 heteroatoms. The van der Waals surface area contributed by atoms with E-state index >= 15 is 0 Å². The molecule has 1 aliphatic rings. The number of hydrogen-bond donors (Lipinski definition) is 0. The highest BCUT2D eigenvalue weighted by atomic mass is 35.5. The van der Waals surface area contributed by atoms with Crippen molar-refractivity contribution >= 4 is 35.5 Å². The topological polar surface area (TPSA) is 114 Å². The molecule has 0 aromatic rings. The second kappa shape index (κ2) is 8.84. The second-order valence-corrected chi connectivity index (χ2v) is 5.55. The van der Waals surface area contributed by atoms with E-state index in [-0.39, 0.29) is 6.61 Å². The maximum Gasteiger partial charge on any atom is 0.305 e. The molecule has 0 unspecified atom stereocenters. The first-order chi connectivity index (χ1) is 11.1. The van der Waals surface area contributed by atoms with E-state index in [4.69, 9.17) is 35.3 Å². The van der Waals surface area contributed by atoms with E-state index in [0.29, 0.717) is 0 Å². The summed E-state index contributed by atoms with van der Waals surface area (Å²) in [6.45, 7) is 4.34. The standard InChI is InChI=1S/C14H19ClO9/c1-6(16)20-5-10-11(15)12(21-7(2)17)13(22-8(3)18)14(24-10)23-9(4)19/h10-14H,5H2,1-4H3/t10-,11+,12+,13-,14-/m1/s1. The maximum absolute atomic E-state index is 11.3. The summed E-state index contributed by atoms with van der Waals surface area (Å²) < 4.78 is 25.4. The van der Waals surface area contributed by atoms with Crippen molar-refractivity contribution in [2.45, 2.75) is 57.7 Å². The molecule has 136 valence electrons. The number of alkyl halides is 1. The van der Waals surface area contributed by atoms with Crippen molar-refractivity contribution in [2.75, 3.05) is 6.61 Å². The fourth-order valence-corrected chi connectivity index (χ4v) is 2.43. The fourth-order valence-electron chi connectivity index (χ4n) is 2.10. The second-order valence-electron chi connectivity index (χ2n) is 5.05. The zero-order valence-corrected chi connectivity index (χ0v) is 14.4. The monoisotopic (exact) mass is 366 g/mol. The summed E-state index contributed by atoms with van der Waals surface area (Å²) in [5, 5.41) is -1.01. The van der Waals surface area contributed by atoms with Gasteiger partial charge in [0.25, 0.3) is 0 Å². The Labute approximate surface area is 143 Å². The van der Waals surface area contributed by atoms with Crippen molar-refractivity contribution in [1.29, 1.82) is 0 Å². The number of carbonyl (C=O) groups is 4. The molecule has 0 radical (unpaired) electrons. The van der Waals surface area contributed by atoms with Gasteiger partial charge in [-0.15, -0.1) is 11.6 Å². The van der Waals surface area contributed by atoms with E-state index in [1.165, 1.54) is 6.92 Å². The van der Waals surface area contributed by atoms with Gasteiger partial charge in [0.2, 0.25) is 12.4 Å². The molecule has 1 aliphatic heterocycles. The van der Waals surface area contributed by atoms with Gasteiger partial charge < -0.3 is 23.7 Å². The summed E-state index contributed by atoms with van der Waals surface area (Å²) in [5.41, 5.74) is 0. The van der Waals surface area contributed by atoms with Crippen molar-refractivity contribution in [3.05, 3.63) is 0 Å². The highest BCUT2D eigenvalue weighted by Gasteiger charge is 2.51. The molecule has 0 saturated carbocycles. The summed E-state index contributed by atoms with van der Waals surface area (Å²) in [6, 6.07) is 0. The zero-order chi connectivity index (χ0) is 18.4. The number of halogens is 1. The quantitative estimate of drug-likeness (QED) is 0.385. The van der Waals surface area contributed by atoms with Gasteiger partial charge in [0, 0.05) is 27.7 Å². The summed E-state index contributed by atoms with van der Waals surface area (Å²) in [6.07, 6.45) is -4.74. The van der Waals surface area contributed by atoms with Crippen LogP contribution in [-0.2, 0) is 42.9 Å². The van der Waals surface area contributed by atoms with E-state index in [0.717, 1.165) is 20.8 Å². The van der Waals surface area contributed by atoms with Gasteiger partial charge in [0.15, 0.2) is 6.10 Å². The lowest BCUT2D eigenvalue weighted by molar-refractivity contribution is -0.269. The minimum absolute atomic E-state index is 0.258. The van der Waals surface area contributed by atoms with Crippen LogP contribution in [0.1, 0.15) is 27.7 Å². The molecule has 0 spiro atoms. The lowest BCUT2D eigenvalue weighted by Crippen LogP contribution is -2.60. The Balaban J connectivity index is 3.07. The van der Waals surface area contributed by atoms with Crippen molar-refractivity contribution in [1.82, 2.24) is 0 Å². The highest BCUT2D eigenvalue weighted by Crippen LogP contribution is 2.30. The van der Waals surface area contributed by atoms with Gasteiger partial charge in [-0.3, -0.25) is 19.2 Å². The van der Waals surface area contributed by atoms with Crippen LogP contribution >= 0.6 is 11.6 Å². The average molecular weight is 367 g/mol. The van der Waals surface area contributed by atoms with Crippen LogP contribution in [0.15, 0.2) is 0 Å². The van der Waals surface area contributed by atoms with E-state index in [1.807, 2.05) is 0 Å². The van der Waals surface area contributed by atoms with Crippen molar-refractivity contribution in [3.8, 4) is 0 Å². The van der Waals surface area contributed by atoms with E-state index in [9.17, 15) is 19.2 Å². The number of hydrogen-bond acceptors (Lipinski definition) is 9. The van der Waals surface area contributed by atoms with Crippen molar-refractivity contribution in [2.24, 2.45) is 0 Å². The summed E-state index contributed by atoms with van der Waals surface area (Å²) >= 11 is 6.23. The highest BCUT2D eigenvalue weighted by molar-refractivity contribution is 6.21. The molecule has 0 bridgehead atoms. The van der Waals surface area contributed by atoms with Crippen LogP contribution in [0.3, 0.4) is 0 Å². The van der Waals surface area contributed by atoms with Crippen molar-refractivity contribution in [3.63, 3.8) is 0 Å². The minimum atomic E-state index is -1.37. The number of ether oxygens (including phenoxy) is 5. The summed E-state index contributed by atoms with van der Waals surface area (Å²) in [7, 11) is 0. The van der Waals surface area contributed by atoms with Crippen LogP contribution in [0.4, 0.5) is 0 Å². The normalized spacial score (nSPS) is 29.3. The Morgan fingerprint density at radius 2 is 1.33 bits per heavy atom. The van der Waals surface area contributed by atoms with Gasteiger partial charge in [-0.1, -0.05) is 0 Å². The molecule has 0 aromatic heterocycles. The maximum atomic E-state index is 11.3. The van der Waals surface area contributed by atoms with Crippen LogP contribution in [0.5, 0.6) is 0 Å². The third-order valence-corrected chi connectivity index (χ3v) is 3.44. The predicted molar refractivity (Wildman–Crippen MR) is 77.8 cm³/mol. The van der Waals surface area contributed by atoms with E-state index in [2.05, 4.69) is 0 Å². The third kappa shape index (κ3) is 5.97. The molecule has 0 N–H and O–H groups in total. The van der Waals surface area contributed by atoms with Crippen LogP contribution in [0.25, 0.3) is 0 Å². The zero-order valence-electron chi connectivity index (χ0n) is 13.6. The number of esters is 4. The Bertz CT molecular complexity index is 506. The smallest absolute Gasteiger partial charge is 0.305 e. The third-order valence-electron chi connectivity index (χ3n) is 2.91. The van der Waals surface area contributed by atoms with Gasteiger partial charge in [-0.05, 0) is 0 Å². The van der Waals surface area contributed by atoms with Crippen molar-refractivity contribution < 1.29 is 42.9 Å². The fraction of sp³-hybridized carbons (Fsp3) is 0.714. The molecule has 9 nitrogen and oxygen atoms in total. The molecule has 0 aliphatic carbocycles. The molecule has 0 aromatic carbocycles. The Kier molecular flexibility index (Phi) is 7.43. The molecule has 24 heavy (non-hydrogen) atoms. The van der Waals surface area contributed by atoms with Gasteiger partial charge in [0.1, 0.15) is 18.1 Å². The van der Waals surface area contributed by atoms with Crippen LogP contribution in [-0.4, -0.2) is 60.5 Å². The molecule has 1 fully saturated rings. The van der Waals surface area contributed by atoms with Crippen LogP contribution in [0, 0.1) is 0 Å². The SMILES string of the molecule is CC(=O)OC[C@H]1O[C@@H](OC(C)=O)[C@H](OC(C)=O)[C@@H](OC(C)=O)[C@H]1Cl. The van der Waals surface area contributed by atoms with Crippen LogP contribution in [0.2, 0.25) is 0 Å². The molecule has 1 rings (SSSR count). The predicted octanol–water partition coefficient (Wildman–Crippen LogP) is 0.308. The number of carbonyl (C=O) groups excluding carboxylic acids is 4. The van der Waals surface area contributed by atoms with Gasteiger partial charge in [-0.25, -0.2) is 0 Å². The molecule has 1 heterocycles. The first kappa shape index (κ1) is 20.2. The van der Waals surface area contributed by atoms with E-state index < -0.39 is 53.9 Å². The lowest BCUT2D eigenvalue weighted by Gasteiger charge is -2.42. The van der Waals surface area contributed by atoms with Gasteiger partial charge >= 0.3 is 23.9 Å².